The molecule has 0 radical (unpaired) electrons. The molecule has 0 bridgehead atoms. The number of carbonyl (C=O) groups excluding carboxylic acids is 1. The van der Waals surface area contributed by atoms with Gasteiger partial charge in [0, 0.05) is 22.6 Å². The van der Waals surface area contributed by atoms with Gasteiger partial charge in [-0.25, -0.2) is 4.98 Å². The van der Waals surface area contributed by atoms with Crippen LogP contribution in [0.25, 0.3) is 22.0 Å². The summed E-state index contributed by atoms with van der Waals surface area (Å²) < 4.78 is 5.59. The Balaban J connectivity index is 1.72. The van der Waals surface area contributed by atoms with Gasteiger partial charge in [0.15, 0.2) is 0 Å². The van der Waals surface area contributed by atoms with Crippen molar-refractivity contribution in [3.63, 3.8) is 0 Å². The van der Waals surface area contributed by atoms with Crippen molar-refractivity contribution in [3.8, 4) is 16.9 Å². The summed E-state index contributed by atoms with van der Waals surface area (Å²) in [4.78, 5) is 19.9. The predicted octanol–water partition coefficient (Wildman–Crippen LogP) is 4.31. The van der Waals surface area contributed by atoms with Gasteiger partial charge >= 0.3 is 0 Å². The summed E-state index contributed by atoms with van der Waals surface area (Å²) in [6.45, 7) is 2.61. The zero-order valence-corrected chi connectivity index (χ0v) is 16.2. The summed E-state index contributed by atoms with van der Waals surface area (Å²) in [7, 11) is 1.67. The Hall–Kier alpha value is -3.08. The van der Waals surface area contributed by atoms with Crippen molar-refractivity contribution in [2.24, 2.45) is 0 Å². The SMILES string of the molecule is COc1ccc(C)cc1-c1cccc2c(N)c3c(nc12)CN(C1CCC1)C3=O. The van der Waals surface area contributed by atoms with E-state index in [-0.39, 0.29) is 5.91 Å². The molecule has 1 fully saturated rings. The Labute approximate surface area is 164 Å². The van der Waals surface area contributed by atoms with Crippen LogP contribution in [0, 0.1) is 6.92 Å². The Bertz CT molecular complexity index is 1120. The first kappa shape index (κ1) is 17.0. The zero-order chi connectivity index (χ0) is 19.4. The molecule has 2 N–H and O–H groups in total. The highest BCUT2D eigenvalue weighted by atomic mass is 16.5. The zero-order valence-electron chi connectivity index (χ0n) is 16.2. The van der Waals surface area contributed by atoms with Gasteiger partial charge in [-0.05, 0) is 38.3 Å². The smallest absolute Gasteiger partial charge is 0.258 e. The monoisotopic (exact) mass is 373 g/mol. The molecule has 1 saturated carbocycles. The molecule has 28 heavy (non-hydrogen) atoms. The van der Waals surface area contributed by atoms with E-state index in [1.165, 1.54) is 6.42 Å². The fourth-order valence-electron chi connectivity index (χ4n) is 4.34. The summed E-state index contributed by atoms with van der Waals surface area (Å²) in [6.07, 6.45) is 3.34. The third-order valence-corrected chi connectivity index (χ3v) is 6.09. The third kappa shape index (κ3) is 2.39. The van der Waals surface area contributed by atoms with E-state index in [2.05, 4.69) is 13.0 Å². The summed E-state index contributed by atoms with van der Waals surface area (Å²) in [5.41, 5.74) is 12.4. The standard InChI is InChI=1S/C23H23N3O2/c1-13-9-10-19(28-2)17(11-13)15-7-4-8-16-21(24)20-18(25-22(15)16)12-26(23(20)27)14-5-3-6-14/h4,7-11,14H,3,5-6,12H2,1-2H3,(H2,24,25). The lowest BCUT2D eigenvalue weighted by molar-refractivity contribution is 0.0606. The first-order valence-corrected chi connectivity index (χ1v) is 9.75. The molecule has 0 saturated heterocycles. The van der Waals surface area contributed by atoms with E-state index >= 15 is 0 Å². The summed E-state index contributed by atoms with van der Waals surface area (Å²) in [6, 6.07) is 12.4. The Morgan fingerprint density at radius 3 is 2.71 bits per heavy atom. The molecule has 1 aromatic heterocycles. The van der Waals surface area contributed by atoms with Crippen molar-refractivity contribution in [2.75, 3.05) is 12.8 Å². The number of amides is 1. The number of hydrogen-bond acceptors (Lipinski definition) is 4. The van der Waals surface area contributed by atoms with Crippen LogP contribution in [-0.4, -0.2) is 28.9 Å². The van der Waals surface area contributed by atoms with Crippen LogP contribution in [0.2, 0.25) is 0 Å². The molecule has 2 aliphatic rings. The number of para-hydroxylation sites is 1. The van der Waals surface area contributed by atoms with E-state index in [1.807, 2.05) is 35.2 Å². The largest absolute Gasteiger partial charge is 0.496 e. The summed E-state index contributed by atoms with van der Waals surface area (Å²) >= 11 is 0. The second kappa shape index (κ2) is 6.23. The van der Waals surface area contributed by atoms with Gasteiger partial charge in [0.25, 0.3) is 5.91 Å². The van der Waals surface area contributed by atoms with Crippen LogP contribution in [0.1, 0.15) is 40.9 Å². The lowest BCUT2D eigenvalue weighted by Gasteiger charge is -2.34. The molecule has 1 aliphatic carbocycles. The molecule has 5 heteroatoms. The number of benzene rings is 2. The first-order chi connectivity index (χ1) is 13.6. The van der Waals surface area contributed by atoms with Crippen LogP contribution in [0.3, 0.4) is 0 Å². The topological polar surface area (TPSA) is 68.5 Å². The molecule has 0 unspecified atom stereocenters. The quantitative estimate of drug-likeness (QED) is 0.743. The minimum atomic E-state index is 0.0325. The Morgan fingerprint density at radius 2 is 2.00 bits per heavy atom. The second-order valence-corrected chi connectivity index (χ2v) is 7.77. The number of ether oxygens (including phenoxy) is 1. The predicted molar refractivity (Wildman–Crippen MR) is 110 cm³/mol. The lowest BCUT2D eigenvalue weighted by Crippen LogP contribution is -2.40. The number of nitrogens with zero attached hydrogens (tertiary/aromatic N) is 2. The average Bonchev–Trinajstić information content (AvgIpc) is 2.96. The van der Waals surface area contributed by atoms with Crippen LogP contribution in [0.5, 0.6) is 5.75 Å². The number of aryl methyl sites for hydroxylation is 1. The molecule has 1 aliphatic heterocycles. The van der Waals surface area contributed by atoms with Crippen LogP contribution >= 0.6 is 0 Å². The number of fused-ring (bicyclic) bond motifs is 2. The number of carbonyl (C=O) groups is 1. The van der Waals surface area contributed by atoms with E-state index < -0.39 is 0 Å². The number of pyridine rings is 1. The van der Waals surface area contributed by atoms with Crippen LogP contribution in [0.4, 0.5) is 5.69 Å². The van der Waals surface area contributed by atoms with E-state index in [0.29, 0.717) is 23.8 Å². The molecule has 1 amide bonds. The summed E-state index contributed by atoms with van der Waals surface area (Å²) in [5.74, 6) is 0.830. The number of methoxy groups -OCH3 is 1. The number of nitrogen functional groups attached to an aromatic ring is 1. The van der Waals surface area contributed by atoms with Crippen LogP contribution in [0.15, 0.2) is 36.4 Å². The van der Waals surface area contributed by atoms with Crippen molar-refractivity contribution in [1.29, 1.82) is 0 Å². The van der Waals surface area contributed by atoms with Gasteiger partial charge in [0.2, 0.25) is 0 Å². The Morgan fingerprint density at radius 1 is 1.18 bits per heavy atom. The van der Waals surface area contributed by atoms with Crippen LogP contribution < -0.4 is 10.5 Å². The minimum absolute atomic E-state index is 0.0325. The summed E-state index contributed by atoms with van der Waals surface area (Å²) in [5, 5.41) is 0.823. The maximum absolute atomic E-state index is 13.0. The fraction of sp³-hybridized carbons (Fsp3) is 0.304. The molecule has 142 valence electrons. The second-order valence-electron chi connectivity index (χ2n) is 7.77. The third-order valence-electron chi connectivity index (χ3n) is 6.09. The first-order valence-electron chi connectivity index (χ1n) is 9.75. The van der Waals surface area contributed by atoms with E-state index in [9.17, 15) is 4.79 Å². The number of rotatable bonds is 3. The highest BCUT2D eigenvalue weighted by Gasteiger charge is 2.38. The Kier molecular flexibility index (Phi) is 3.79. The molecular weight excluding hydrogens is 350 g/mol. The highest BCUT2D eigenvalue weighted by molar-refractivity contribution is 6.11. The number of hydrogen-bond donors (Lipinski definition) is 1. The van der Waals surface area contributed by atoms with Crippen LogP contribution in [-0.2, 0) is 6.54 Å². The molecule has 2 heterocycles. The molecule has 5 rings (SSSR count). The van der Waals surface area contributed by atoms with E-state index in [4.69, 9.17) is 15.5 Å². The van der Waals surface area contributed by atoms with Gasteiger partial charge in [-0.1, -0.05) is 29.8 Å². The number of anilines is 1. The van der Waals surface area contributed by atoms with Crippen molar-refractivity contribution in [3.05, 3.63) is 53.2 Å². The number of aromatic nitrogens is 1. The van der Waals surface area contributed by atoms with E-state index in [0.717, 1.165) is 51.9 Å². The lowest BCUT2D eigenvalue weighted by atomic mass is 9.92. The van der Waals surface area contributed by atoms with Crippen molar-refractivity contribution < 1.29 is 9.53 Å². The van der Waals surface area contributed by atoms with Gasteiger partial charge in [-0.3, -0.25) is 4.79 Å². The number of nitrogens with two attached hydrogens (primary N) is 1. The van der Waals surface area contributed by atoms with E-state index in [1.54, 1.807) is 7.11 Å². The highest BCUT2D eigenvalue weighted by Crippen LogP contribution is 2.41. The normalized spacial score (nSPS) is 16.4. The van der Waals surface area contributed by atoms with Crippen molar-refractivity contribution in [1.82, 2.24) is 9.88 Å². The molecule has 2 aromatic carbocycles. The van der Waals surface area contributed by atoms with Crippen molar-refractivity contribution >= 4 is 22.5 Å². The van der Waals surface area contributed by atoms with Gasteiger partial charge in [0.05, 0.1) is 36.1 Å². The van der Waals surface area contributed by atoms with Gasteiger partial charge in [-0.15, -0.1) is 0 Å². The van der Waals surface area contributed by atoms with Gasteiger partial charge in [-0.2, -0.15) is 0 Å². The maximum Gasteiger partial charge on any atom is 0.258 e. The fourth-order valence-corrected chi connectivity index (χ4v) is 4.34. The molecule has 0 spiro atoms. The molecule has 5 nitrogen and oxygen atoms in total. The van der Waals surface area contributed by atoms with Gasteiger partial charge < -0.3 is 15.4 Å². The molecule has 0 atom stereocenters. The van der Waals surface area contributed by atoms with Gasteiger partial charge in [0.1, 0.15) is 5.75 Å². The minimum Gasteiger partial charge on any atom is -0.496 e. The molecular formula is C23H23N3O2. The maximum atomic E-state index is 13.0. The average molecular weight is 373 g/mol. The van der Waals surface area contributed by atoms with Crippen molar-refractivity contribution in [2.45, 2.75) is 38.8 Å². The molecule has 3 aromatic rings.